The molecule has 1 aliphatic heterocycles. The van der Waals surface area contributed by atoms with Crippen LogP contribution in [0.2, 0.25) is 10.0 Å². The lowest BCUT2D eigenvalue weighted by Crippen LogP contribution is -2.31. The van der Waals surface area contributed by atoms with Crippen molar-refractivity contribution in [2.45, 2.75) is 19.0 Å². The number of hydrogen-bond donors (Lipinski definition) is 0. The van der Waals surface area contributed by atoms with Crippen molar-refractivity contribution in [3.8, 4) is 0 Å². The molecule has 0 saturated carbocycles. The van der Waals surface area contributed by atoms with Gasteiger partial charge in [-0.3, -0.25) is 9.69 Å². The highest BCUT2D eigenvalue weighted by Crippen LogP contribution is 2.30. The van der Waals surface area contributed by atoms with Gasteiger partial charge in [0.25, 0.3) is 5.24 Å². The zero-order valence-corrected chi connectivity index (χ0v) is 13.8. The first-order valence-electron chi connectivity index (χ1n) is 6.45. The molecule has 0 bridgehead atoms. The van der Waals surface area contributed by atoms with Crippen molar-refractivity contribution in [1.82, 2.24) is 9.80 Å². The molecule has 0 aromatic heterocycles. The van der Waals surface area contributed by atoms with Crippen LogP contribution < -0.4 is 0 Å². The van der Waals surface area contributed by atoms with Gasteiger partial charge in [0.05, 0.1) is 0 Å². The smallest absolute Gasteiger partial charge is 0.252 e. The number of carbonyl (C=O) groups excluding carboxylic acids is 1. The van der Waals surface area contributed by atoms with Crippen LogP contribution in [0.3, 0.4) is 0 Å². The van der Waals surface area contributed by atoms with E-state index < -0.39 is 5.24 Å². The van der Waals surface area contributed by atoms with Crippen LogP contribution in [-0.2, 0) is 6.54 Å². The van der Waals surface area contributed by atoms with E-state index in [4.69, 9.17) is 34.8 Å². The maximum atomic E-state index is 11.2. The van der Waals surface area contributed by atoms with E-state index in [1.165, 1.54) is 0 Å². The molecule has 0 radical (unpaired) electrons. The van der Waals surface area contributed by atoms with Crippen molar-refractivity contribution in [1.29, 1.82) is 0 Å². The van der Waals surface area contributed by atoms with Crippen LogP contribution in [0.15, 0.2) is 12.1 Å². The molecule has 0 N–H and O–H groups in total. The minimum atomic E-state index is -0.547. The molecule has 0 unspecified atom stereocenters. The second-order valence-electron chi connectivity index (χ2n) is 5.33. The fraction of sp³-hybridized carbons (Fsp3) is 0.500. The van der Waals surface area contributed by atoms with Crippen LogP contribution in [0.25, 0.3) is 0 Å². The summed E-state index contributed by atoms with van der Waals surface area (Å²) in [5.74, 6) is 0. The fourth-order valence-corrected chi connectivity index (χ4v) is 3.18. The summed E-state index contributed by atoms with van der Waals surface area (Å²) < 4.78 is 0. The van der Waals surface area contributed by atoms with Gasteiger partial charge in [-0.2, -0.15) is 0 Å². The second-order valence-corrected chi connectivity index (χ2v) is 6.49. The Hall–Kier alpha value is -0.320. The van der Waals surface area contributed by atoms with Crippen LogP contribution in [-0.4, -0.2) is 48.3 Å². The van der Waals surface area contributed by atoms with Crippen molar-refractivity contribution in [3.63, 3.8) is 0 Å². The first kappa shape index (κ1) is 16.1. The zero-order valence-electron chi connectivity index (χ0n) is 11.5. The van der Waals surface area contributed by atoms with E-state index in [1.807, 2.05) is 0 Å². The van der Waals surface area contributed by atoms with Crippen LogP contribution in [0, 0.1) is 0 Å². The molecule has 0 amide bonds. The molecule has 0 aliphatic carbocycles. The standard InChI is InChI=1S/C14H17Cl3N2O/c1-18(2)10-3-4-19(7-10)8-11-12(15)5-9(14(17)20)6-13(11)16/h5-6,10H,3-4,7-8H2,1-2H3/t10-/m0/s1. The van der Waals surface area contributed by atoms with Gasteiger partial charge in [-0.15, -0.1) is 0 Å². The highest BCUT2D eigenvalue weighted by molar-refractivity contribution is 6.68. The predicted octanol–water partition coefficient (Wildman–Crippen LogP) is 3.51. The largest absolute Gasteiger partial charge is 0.305 e. The Kier molecular flexibility index (Phi) is 5.32. The third kappa shape index (κ3) is 3.66. The maximum absolute atomic E-state index is 11.2. The van der Waals surface area contributed by atoms with E-state index in [-0.39, 0.29) is 0 Å². The molecule has 1 aliphatic rings. The first-order chi connectivity index (χ1) is 9.38. The summed E-state index contributed by atoms with van der Waals surface area (Å²) >= 11 is 17.9. The van der Waals surface area contributed by atoms with Crippen LogP contribution in [0.4, 0.5) is 0 Å². The average Bonchev–Trinajstić information content (AvgIpc) is 2.82. The Bertz CT molecular complexity index is 496. The molecule has 20 heavy (non-hydrogen) atoms. The topological polar surface area (TPSA) is 23.6 Å². The number of likely N-dealkylation sites (tertiary alicyclic amines) is 1. The summed E-state index contributed by atoms with van der Waals surface area (Å²) in [7, 11) is 4.18. The molecule has 1 saturated heterocycles. The number of rotatable bonds is 4. The number of nitrogens with zero attached hydrogens (tertiary/aromatic N) is 2. The first-order valence-corrected chi connectivity index (χ1v) is 7.58. The second kappa shape index (κ2) is 6.63. The molecule has 1 fully saturated rings. The molecule has 6 heteroatoms. The average molecular weight is 336 g/mol. The van der Waals surface area contributed by atoms with Gasteiger partial charge in [-0.1, -0.05) is 23.2 Å². The van der Waals surface area contributed by atoms with Gasteiger partial charge >= 0.3 is 0 Å². The summed E-state index contributed by atoms with van der Waals surface area (Å²) in [4.78, 5) is 15.7. The number of halogens is 3. The monoisotopic (exact) mass is 334 g/mol. The summed E-state index contributed by atoms with van der Waals surface area (Å²) in [6.45, 7) is 2.71. The Morgan fingerprint density at radius 3 is 2.40 bits per heavy atom. The van der Waals surface area contributed by atoms with E-state index >= 15 is 0 Å². The van der Waals surface area contributed by atoms with Crippen molar-refractivity contribution in [3.05, 3.63) is 33.3 Å². The van der Waals surface area contributed by atoms with Crippen molar-refractivity contribution in [2.24, 2.45) is 0 Å². The molecule has 1 heterocycles. The van der Waals surface area contributed by atoms with Crippen LogP contribution >= 0.6 is 34.8 Å². The summed E-state index contributed by atoms with van der Waals surface area (Å²) in [6.07, 6.45) is 1.14. The minimum absolute atomic E-state index is 0.331. The molecule has 3 nitrogen and oxygen atoms in total. The van der Waals surface area contributed by atoms with Crippen LogP contribution in [0.1, 0.15) is 22.3 Å². The normalized spacial score (nSPS) is 19.8. The van der Waals surface area contributed by atoms with E-state index in [1.54, 1.807) is 12.1 Å². The maximum Gasteiger partial charge on any atom is 0.252 e. The molecular formula is C14H17Cl3N2O. The van der Waals surface area contributed by atoms with Gasteiger partial charge in [0.2, 0.25) is 0 Å². The van der Waals surface area contributed by atoms with E-state index in [2.05, 4.69) is 23.9 Å². The molecule has 1 aromatic rings. The van der Waals surface area contributed by atoms with Gasteiger partial charge in [-0.05, 0) is 44.2 Å². The predicted molar refractivity (Wildman–Crippen MR) is 84.0 cm³/mol. The Labute approximate surface area is 134 Å². The lowest BCUT2D eigenvalue weighted by atomic mass is 10.1. The van der Waals surface area contributed by atoms with Crippen molar-refractivity contribution in [2.75, 3.05) is 27.2 Å². The molecule has 110 valence electrons. The Morgan fingerprint density at radius 2 is 1.95 bits per heavy atom. The molecule has 1 aromatic carbocycles. The van der Waals surface area contributed by atoms with Crippen LogP contribution in [0.5, 0.6) is 0 Å². The van der Waals surface area contributed by atoms with E-state index in [0.29, 0.717) is 28.2 Å². The highest BCUT2D eigenvalue weighted by Gasteiger charge is 2.25. The number of benzene rings is 1. The van der Waals surface area contributed by atoms with Crippen molar-refractivity contribution >= 4 is 40.0 Å². The van der Waals surface area contributed by atoms with Gasteiger partial charge in [0.15, 0.2) is 0 Å². The number of carbonyl (C=O) groups is 1. The summed E-state index contributed by atoms with van der Waals surface area (Å²) in [5.41, 5.74) is 1.19. The lowest BCUT2D eigenvalue weighted by molar-refractivity contribution is 0.108. The molecule has 0 spiro atoms. The lowest BCUT2D eigenvalue weighted by Gasteiger charge is -2.21. The highest BCUT2D eigenvalue weighted by atomic mass is 35.5. The van der Waals surface area contributed by atoms with Gasteiger partial charge in [0, 0.05) is 46.8 Å². The van der Waals surface area contributed by atoms with Gasteiger partial charge in [-0.25, -0.2) is 0 Å². The summed E-state index contributed by atoms with van der Waals surface area (Å²) in [5, 5.41) is 0.443. The SMILES string of the molecule is CN(C)[C@H]1CCN(Cc2c(Cl)cc(C(=O)Cl)cc2Cl)C1. The third-order valence-corrected chi connectivity index (χ3v) is 4.62. The van der Waals surface area contributed by atoms with Gasteiger partial charge in [0.1, 0.15) is 0 Å². The Morgan fingerprint density at radius 1 is 1.35 bits per heavy atom. The fourth-order valence-electron chi connectivity index (χ4n) is 2.47. The molecular weight excluding hydrogens is 319 g/mol. The third-order valence-electron chi connectivity index (χ3n) is 3.73. The zero-order chi connectivity index (χ0) is 14.9. The minimum Gasteiger partial charge on any atom is -0.305 e. The molecule has 1 atom stereocenters. The Balaban J connectivity index is 2.13. The van der Waals surface area contributed by atoms with E-state index in [0.717, 1.165) is 25.1 Å². The number of likely N-dealkylation sites (N-methyl/N-ethyl adjacent to an activating group) is 1. The quantitative estimate of drug-likeness (QED) is 0.787. The molecule has 2 rings (SSSR count). The van der Waals surface area contributed by atoms with Crippen molar-refractivity contribution < 1.29 is 4.79 Å². The van der Waals surface area contributed by atoms with E-state index in [9.17, 15) is 4.79 Å². The number of hydrogen-bond acceptors (Lipinski definition) is 3. The van der Waals surface area contributed by atoms with Gasteiger partial charge < -0.3 is 4.90 Å². The summed E-state index contributed by atoms with van der Waals surface area (Å²) in [6, 6.07) is 3.73.